The fourth-order valence-corrected chi connectivity index (χ4v) is 4.64. The number of nitrogens with zero attached hydrogens (tertiary/aromatic N) is 1. The number of rotatable bonds is 4. The van der Waals surface area contributed by atoms with Crippen molar-refractivity contribution in [2.45, 2.75) is 33.0 Å². The van der Waals surface area contributed by atoms with Crippen molar-refractivity contribution in [1.29, 1.82) is 0 Å². The molecule has 186 valence electrons. The Labute approximate surface area is 206 Å². The largest absolute Gasteiger partial charge is 0.507 e. The summed E-state index contributed by atoms with van der Waals surface area (Å²) in [6.45, 7) is 5.41. The standard InChI is InChI=1S/C28H24F3NO4/c1-15-13-17(3)26(36-4)21(14-15)24(33)22-23(20-8-6-5-7-16(20)2)32(27(35)25(22)34)19-11-9-18(10-12-19)28(29,30)31/h5-14,23,33H,1-4H3/b24-22+. The summed E-state index contributed by atoms with van der Waals surface area (Å²) in [6, 6.07) is 13.5. The predicted molar refractivity (Wildman–Crippen MR) is 130 cm³/mol. The van der Waals surface area contributed by atoms with Crippen LogP contribution in [-0.2, 0) is 15.8 Å². The molecule has 0 aliphatic carbocycles. The van der Waals surface area contributed by atoms with E-state index in [1.807, 2.05) is 13.0 Å². The van der Waals surface area contributed by atoms with E-state index in [0.29, 0.717) is 11.3 Å². The van der Waals surface area contributed by atoms with Gasteiger partial charge in [0.15, 0.2) is 0 Å². The van der Waals surface area contributed by atoms with Crippen molar-refractivity contribution in [3.05, 3.63) is 99.6 Å². The molecule has 4 rings (SSSR count). The molecule has 1 atom stereocenters. The molecule has 1 heterocycles. The fourth-order valence-electron chi connectivity index (χ4n) is 4.64. The highest BCUT2D eigenvalue weighted by molar-refractivity contribution is 6.51. The number of benzene rings is 3. The molecule has 3 aromatic carbocycles. The van der Waals surface area contributed by atoms with Gasteiger partial charge in [-0.05, 0) is 73.4 Å². The van der Waals surface area contributed by atoms with Gasteiger partial charge in [0, 0.05) is 5.69 Å². The van der Waals surface area contributed by atoms with E-state index in [9.17, 15) is 27.9 Å². The Hall–Kier alpha value is -4.07. The van der Waals surface area contributed by atoms with E-state index in [-0.39, 0.29) is 16.8 Å². The second kappa shape index (κ2) is 9.18. The molecule has 0 saturated carbocycles. The highest BCUT2D eigenvalue weighted by Gasteiger charge is 2.47. The zero-order valence-electron chi connectivity index (χ0n) is 20.1. The number of ketones is 1. The van der Waals surface area contributed by atoms with Crippen molar-refractivity contribution in [2.75, 3.05) is 12.0 Å². The molecule has 8 heteroatoms. The van der Waals surface area contributed by atoms with E-state index in [1.165, 1.54) is 7.11 Å². The third-order valence-corrected chi connectivity index (χ3v) is 6.28. The average Bonchev–Trinajstić information content (AvgIpc) is 3.08. The number of Topliss-reactive ketones (excluding diaryl/α,β-unsaturated/α-hetero) is 1. The quantitative estimate of drug-likeness (QED) is 0.263. The Bertz CT molecular complexity index is 1390. The molecular formula is C28H24F3NO4. The number of hydrogen-bond donors (Lipinski definition) is 1. The lowest BCUT2D eigenvalue weighted by Gasteiger charge is -2.27. The fraction of sp³-hybridized carbons (Fsp3) is 0.214. The third kappa shape index (κ3) is 4.23. The Morgan fingerprint density at radius 1 is 0.944 bits per heavy atom. The van der Waals surface area contributed by atoms with Gasteiger partial charge >= 0.3 is 6.18 Å². The van der Waals surface area contributed by atoms with Gasteiger partial charge < -0.3 is 9.84 Å². The minimum Gasteiger partial charge on any atom is -0.507 e. The van der Waals surface area contributed by atoms with Gasteiger partial charge in [0.05, 0.1) is 29.9 Å². The van der Waals surface area contributed by atoms with Crippen LogP contribution in [0.3, 0.4) is 0 Å². The Kier molecular flexibility index (Phi) is 6.39. The van der Waals surface area contributed by atoms with E-state index in [2.05, 4.69) is 0 Å². The van der Waals surface area contributed by atoms with Gasteiger partial charge in [-0.15, -0.1) is 0 Å². The predicted octanol–water partition coefficient (Wildman–Crippen LogP) is 6.27. The van der Waals surface area contributed by atoms with Crippen molar-refractivity contribution < 1.29 is 32.6 Å². The number of anilines is 1. The number of hydrogen-bond acceptors (Lipinski definition) is 4. The van der Waals surface area contributed by atoms with Crippen LogP contribution in [0, 0.1) is 20.8 Å². The first kappa shape index (κ1) is 25.0. The van der Waals surface area contributed by atoms with Crippen molar-refractivity contribution in [1.82, 2.24) is 0 Å². The van der Waals surface area contributed by atoms with Gasteiger partial charge in [-0.3, -0.25) is 14.5 Å². The maximum absolute atomic E-state index is 13.4. The highest BCUT2D eigenvalue weighted by atomic mass is 19.4. The maximum Gasteiger partial charge on any atom is 0.416 e. The summed E-state index contributed by atoms with van der Waals surface area (Å²) in [7, 11) is 1.44. The molecule has 0 bridgehead atoms. The Balaban J connectivity index is 1.99. The molecule has 1 saturated heterocycles. The molecule has 0 aromatic heterocycles. The molecule has 0 radical (unpaired) electrons. The second-order valence-corrected chi connectivity index (χ2v) is 8.73. The van der Waals surface area contributed by atoms with Crippen molar-refractivity contribution >= 4 is 23.1 Å². The van der Waals surface area contributed by atoms with Crippen molar-refractivity contribution in [3.63, 3.8) is 0 Å². The topological polar surface area (TPSA) is 66.8 Å². The van der Waals surface area contributed by atoms with E-state index >= 15 is 0 Å². The zero-order valence-corrected chi connectivity index (χ0v) is 20.1. The molecule has 1 N–H and O–H groups in total. The average molecular weight is 495 g/mol. The van der Waals surface area contributed by atoms with Crippen LogP contribution in [0.5, 0.6) is 5.75 Å². The normalized spacial score (nSPS) is 17.5. The first-order valence-corrected chi connectivity index (χ1v) is 11.1. The Morgan fingerprint density at radius 2 is 1.58 bits per heavy atom. The summed E-state index contributed by atoms with van der Waals surface area (Å²) in [5.74, 6) is -1.96. The van der Waals surface area contributed by atoms with Gasteiger partial charge in [-0.25, -0.2) is 0 Å². The molecule has 1 aliphatic heterocycles. The van der Waals surface area contributed by atoms with Crippen molar-refractivity contribution in [3.8, 4) is 5.75 Å². The number of ether oxygens (including phenoxy) is 1. The van der Waals surface area contributed by atoms with Crippen LogP contribution in [0.15, 0.2) is 66.2 Å². The number of aliphatic hydroxyl groups is 1. The minimum absolute atomic E-state index is 0.102. The van der Waals surface area contributed by atoms with Gasteiger partial charge in [-0.1, -0.05) is 30.3 Å². The lowest BCUT2D eigenvalue weighted by atomic mass is 9.91. The number of carbonyl (C=O) groups is 2. The smallest absolute Gasteiger partial charge is 0.416 e. The molecule has 1 unspecified atom stereocenters. The van der Waals surface area contributed by atoms with Crippen LogP contribution < -0.4 is 9.64 Å². The monoisotopic (exact) mass is 495 g/mol. The number of aliphatic hydroxyl groups excluding tert-OH is 1. The minimum atomic E-state index is -4.55. The van der Waals surface area contributed by atoms with Crippen molar-refractivity contribution in [2.24, 2.45) is 0 Å². The Morgan fingerprint density at radius 3 is 2.17 bits per heavy atom. The van der Waals surface area contributed by atoms with Gasteiger partial charge in [0.1, 0.15) is 11.5 Å². The number of alkyl halides is 3. The van der Waals surface area contributed by atoms with Crippen LogP contribution in [0.1, 0.15) is 39.4 Å². The van der Waals surface area contributed by atoms with Gasteiger partial charge in [-0.2, -0.15) is 13.2 Å². The summed E-state index contributed by atoms with van der Waals surface area (Å²) in [5.41, 5.74) is 2.13. The van der Waals surface area contributed by atoms with Crippen LogP contribution in [0.2, 0.25) is 0 Å². The van der Waals surface area contributed by atoms with Gasteiger partial charge in [0.25, 0.3) is 11.7 Å². The molecular weight excluding hydrogens is 471 g/mol. The number of methoxy groups -OCH3 is 1. The first-order valence-electron chi connectivity index (χ1n) is 11.1. The summed E-state index contributed by atoms with van der Waals surface area (Å²) in [4.78, 5) is 27.8. The summed E-state index contributed by atoms with van der Waals surface area (Å²) in [5, 5.41) is 11.5. The second-order valence-electron chi connectivity index (χ2n) is 8.73. The van der Waals surface area contributed by atoms with E-state index in [0.717, 1.165) is 45.9 Å². The molecule has 3 aromatic rings. The maximum atomic E-state index is 13.4. The summed E-state index contributed by atoms with van der Waals surface area (Å²) in [6.07, 6.45) is -4.55. The van der Waals surface area contributed by atoms with Crippen LogP contribution in [-0.4, -0.2) is 23.9 Å². The first-order chi connectivity index (χ1) is 17.0. The SMILES string of the molecule is COc1c(C)cc(C)cc1/C(O)=C1\C(=O)C(=O)N(c2ccc(C(F)(F)F)cc2)C1c1ccccc1C. The number of carbonyl (C=O) groups excluding carboxylic acids is 2. The number of halogens is 3. The molecule has 1 aliphatic rings. The van der Waals surface area contributed by atoms with Crippen LogP contribution in [0.4, 0.5) is 18.9 Å². The molecule has 36 heavy (non-hydrogen) atoms. The third-order valence-electron chi connectivity index (χ3n) is 6.28. The molecule has 1 amide bonds. The van der Waals surface area contributed by atoms with Crippen LogP contribution in [0.25, 0.3) is 5.76 Å². The zero-order chi connectivity index (χ0) is 26.4. The lowest BCUT2D eigenvalue weighted by Crippen LogP contribution is -2.29. The van der Waals surface area contributed by atoms with E-state index < -0.39 is 35.2 Å². The summed E-state index contributed by atoms with van der Waals surface area (Å²) >= 11 is 0. The van der Waals surface area contributed by atoms with Gasteiger partial charge in [0.2, 0.25) is 0 Å². The molecule has 1 fully saturated rings. The number of aryl methyl sites for hydroxylation is 3. The molecule has 0 spiro atoms. The molecule has 5 nitrogen and oxygen atoms in total. The summed E-state index contributed by atoms with van der Waals surface area (Å²) < 4.78 is 44.9. The van der Waals surface area contributed by atoms with E-state index in [4.69, 9.17) is 4.74 Å². The number of amides is 1. The van der Waals surface area contributed by atoms with E-state index in [1.54, 1.807) is 44.2 Å². The highest BCUT2D eigenvalue weighted by Crippen LogP contribution is 2.45. The lowest BCUT2D eigenvalue weighted by molar-refractivity contribution is -0.137. The van der Waals surface area contributed by atoms with Crippen LogP contribution >= 0.6 is 0 Å².